The van der Waals surface area contributed by atoms with E-state index in [1.54, 1.807) is 24.3 Å². The van der Waals surface area contributed by atoms with Crippen molar-refractivity contribution >= 4 is 10.0 Å². The number of benzene rings is 1. The van der Waals surface area contributed by atoms with Crippen LogP contribution in [0.3, 0.4) is 0 Å². The molecule has 3 atom stereocenters. The highest BCUT2D eigenvalue weighted by atomic mass is 32.2. The van der Waals surface area contributed by atoms with E-state index in [0.29, 0.717) is 4.90 Å². The van der Waals surface area contributed by atoms with Crippen LogP contribution in [0.2, 0.25) is 0 Å². The molecule has 1 heterocycles. The lowest BCUT2D eigenvalue weighted by molar-refractivity contribution is 0.286. The van der Waals surface area contributed by atoms with Gasteiger partial charge in [0.15, 0.2) is 0 Å². The molecular formula is C12H17NO3S. The molecule has 94 valence electrons. The molecular weight excluding hydrogens is 238 g/mol. The second kappa shape index (κ2) is 4.40. The summed E-state index contributed by atoms with van der Waals surface area (Å²) in [5.74, 6) is 0. The van der Waals surface area contributed by atoms with E-state index in [1.165, 1.54) is 4.31 Å². The molecule has 0 amide bonds. The fraction of sp³-hybridized carbons (Fsp3) is 0.500. The Bertz CT molecular complexity index is 485. The maximum Gasteiger partial charge on any atom is 0.243 e. The van der Waals surface area contributed by atoms with Gasteiger partial charge in [0.1, 0.15) is 0 Å². The van der Waals surface area contributed by atoms with Gasteiger partial charge in [-0.2, -0.15) is 4.31 Å². The van der Waals surface area contributed by atoms with E-state index in [4.69, 9.17) is 5.11 Å². The molecule has 0 aliphatic carbocycles. The average molecular weight is 255 g/mol. The number of nitrogens with zero attached hydrogens (tertiary/aromatic N) is 1. The molecule has 1 fully saturated rings. The molecule has 1 saturated heterocycles. The Morgan fingerprint density at radius 3 is 2.24 bits per heavy atom. The minimum Gasteiger partial charge on any atom is -0.395 e. The third-order valence-corrected chi connectivity index (χ3v) is 5.17. The predicted octanol–water partition coefficient (Wildman–Crippen LogP) is 1.14. The Morgan fingerprint density at radius 2 is 1.82 bits per heavy atom. The summed E-state index contributed by atoms with van der Waals surface area (Å²) in [5.41, 5.74) is 1.03. The van der Waals surface area contributed by atoms with Crippen molar-refractivity contribution in [1.29, 1.82) is 0 Å². The summed E-state index contributed by atoms with van der Waals surface area (Å²) in [6, 6.07) is 6.50. The third kappa shape index (κ3) is 2.10. The normalized spacial score (nSPS) is 28.1. The van der Waals surface area contributed by atoms with Gasteiger partial charge in [-0.05, 0) is 25.5 Å². The van der Waals surface area contributed by atoms with Crippen molar-refractivity contribution in [3.05, 3.63) is 29.8 Å². The fourth-order valence-electron chi connectivity index (χ4n) is 2.15. The number of aryl methyl sites for hydroxylation is 1. The number of aliphatic hydroxyl groups is 1. The summed E-state index contributed by atoms with van der Waals surface area (Å²) in [6.07, 6.45) is 0.732. The van der Waals surface area contributed by atoms with Gasteiger partial charge in [0.05, 0.1) is 17.5 Å². The lowest BCUT2D eigenvalue weighted by Crippen LogP contribution is -2.16. The van der Waals surface area contributed by atoms with E-state index in [9.17, 15) is 8.42 Å². The smallest absolute Gasteiger partial charge is 0.243 e. The van der Waals surface area contributed by atoms with Crippen LogP contribution < -0.4 is 0 Å². The van der Waals surface area contributed by atoms with E-state index in [-0.39, 0.29) is 18.7 Å². The quantitative estimate of drug-likeness (QED) is 0.821. The zero-order chi connectivity index (χ0) is 12.6. The standard InChI is InChI=1S/C12H17NO3S/c1-3-11-12(8-14)13(11)17(15,16)10-6-4-9(2)5-7-10/h4-7,11-12,14H,3,8H2,1-2H3/t11-,12-,13?/m1/s1. The van der Waals surface area contributed by atoms with E-state index in [2.05, 4.69) is 0 Å². The highest BCUT2D eigenvalue weighted by Gasteiger charge is 2.53. The molecule has 1 aromatic carbocycles. The molecule has 1 aliphatic rings. The molecule has 4 nitrogen and oxygen atoms in total. The predicted molar refractivity (Wildman–Crippen MR) is 65.2 cm³/mol. The summed E-state index contributed by atoms with van der Waals surface area (Å²) in [4.78, 5) is 0.303. The van der Waals surface area contributed by atoms with Crippen LogP contribution in [0.1, 0.15) is 18.9 Å². The van der Waals surface area contributed by atoms with Crippen LogP contribution in [0.25, 0.3) is 0 Å². The highest BCUT2D eigenvalue weighted by molar-refractivity contribution is 7.89. The van der Waals surface area contributed by atoms with Crippen LogP contribution in [0.5, 0.6) is 0 Å². The van der Waals surface area contributed by atoms with Crippen LogP contribution in [-0.2, 0) is 10.0 Å². The molecule has 1 unspecified atom stereocenters. The molecule has 1 aliphatic heterocycles. The third-order valence-electron chi connectivity index (χ3n) is 3.21. The SMILES string of the molecule is CC[C@@H]1[C@@H](CO)N1S(=O)(=O)c1ccc(C)cc1. The Kier molecular flexibility index (Phi) is 3.25. The first kappa shape index (κ1) is 12.5. The molecule has 0 aromatic heterocycles. The van der Waals surface area contributed by atoms with E-state index < -0.39 is 10.0 Å². The molecule has 2 rings (SSSR count). The molecule has 0 spiro atoms. The maximum atomic E-state index is 12.3. The van der Waals surface area contributed by atoms with Crippen LogP contribution >= 0.6 is 0 Å². The Morgan fingerprint density at radius 1 is 1.24 bits per heavy atom. The van der Waals surface area contributed by atoms with E-state index in [0.717, 1.165) is 12.0 Å². The summed E-state index contributed by atoms with van der Waals surface area (Å²) in [7, 11) is -3.43. The van der Waals surface area contributed by atoms with Crippen LogP contribution in [-0.4, -0.2) is 36.5 Å². The maximum absolute atomic E-state index is 12.3. The van der Waals surface area contributed by atoms with Gasteiger partial charge in [-0.3, -0.25) is 0 Å². The summed E-state index contributed by atoms with van der Waals surface area (Å²) in [5, 5.41) is 9.13. The van der Waals surface area contributed by atoms with E-state index >= 15 is 0 Å². The number of rotatable bonds is 4. The summed E-state index contributed by atoms with van der Waals surface area (Å²) >= 11 is 0. The largest absolute Gasteiger partial charge is 0.395 e. The Labute approximate surface area is 102 Å². The van der Waals surface area contributed by atoms with Crippen molar-refractivity contribution in [2.75, 3.05) is 6.61 Å². The number of sulfonamides is 1. The lowest BCUT2D eigenvalue weighted by atomic mass is 10.2. The molecule has 5 heteroatoms. The molecule has 0 bridgehead atoms. The zero-order valence-electron chi connectivity index (χ0n) is 10.00. The van der Waals surface area contributed by atoms with E-state index in [1.807, 2.05) is 13.8 Å². The van der Waals surface area contributed by atoms with Crippen LogP contribution in [0.15, 0.2) is 29.2 Å². The van der Waals surface area contributed by atoms with Crippen molar-refractivity contribution in [2.24, 2.45) is 0 Å². The van der Waals surface area contributed by atoms with Crippen molar-refractivity contribution in [3.63, 3.8) is 0 Å². The summed E-state index contributed by atoms with van der Waals surface area (Å²) in [6.45, 7) is 3.74. The van der Waals surface area contributed by atoms with Gasteiger partial charge < -0.3 is 5.11 Å². The van der Waals surface area contributed by atoms with Crippen molar-refractivity contribution in [2.45, 2.75) is 37.2 Å². The van der Waals surface area contributed by atoms with Gasteiger partial charge >= 0.3 is 0 Å². The lowest BCUT2D eigenvalue weighted by Gasteiger charge is -2.06. The minimum atomic E-state index is -3.43. The van der Waals surface area contributed by atoms with Crippen molar-refractivity contribution < 1.29 is 13.5 Å². The van der Waals surface area contributed by atoms with Crippen LogP contribution in [0.4, 0.5) is 0 Å². The molecule has 0 saturated carbocycles. The first-order chi connectivity index (χ1) is 8.02. The topological polar surface area (TPSA) is 57.4 Å². The second-order valence-corrected chi connectivity index (χ2v) is 6.22. The van der Waals surface area contributed by atoms with Gasteiger partial charge in [-0.15, -0.1) is 0 Å². The number of aliphatic hydroxyl groups excluding tert-OH is 1. The van der Waals surface area contributed by atoms with Gasteiger partial charge in [0.25, 0.3) is 0 Å². The molecule has 0 radical (unpaired) electrons. The fourth-order valence-corrected chi connectivity index (χ4v) is 4.03. The van der Waals surface area contributed by atoms with Gasteiger partial charge in [-0.1, -0.05) is 24.6 Å². The second-order valence-electron chi connectivity index (χ2n) is 4.37. The number of hydrogen-bond acceptors (Lipinski definition) is 3. The van der Waals surface area contributed by atoms with Gasteiger partial charge in [0, 0.05) is 6.04 Å². The zero-order valence-corrected chi connectivity index (χ0v) is 10.8. The van der Waals surface area contributed by atoms with Gasteiger partial charge in [0.2, 0.25) is 10.0 Å². The molecule has 1 aromatic rings. The molecule has 17 heavy (non-hydrogen) atoms. The minimum absolute atomic E-state index is 0.0497. The van der Waals surface area contributed by atoms with Crippen molar-refractivity contribution in [1.82, 2.24) is 4.31 Å². The first-order valence-electron chi connectivity index (χ1n) is 5.73. The van der Waals surface area contributed by atoms with Gasteiger partial charge in [-0.25, -0.2) is 8.42 Å². The number of hydrogen-bond donors (Lipinski definition) is 1. The molecule has 1 N–H and O–H groups in total. The first-order valence-corrected chi connectivity index (χ1v) is 7.17. The highest BCUT2D eigenvalue weighted by Crippen LogP contribution is 2.37. The summed E-state index contributed by atoms with van der Waals surface area (Å²) < 4.78 is 25.9. The Hall–Kier alpha value is -0.910. The van der Waals surface area contributed by atoms with Crippen LogP contribution in [0, 0.1) is 6.92 Å². The Balaban J connectivity index is 2.29. The van der Waals surface area contributed by atoms with Crippen molar-refractivity contribution in [3.8, 4) is 0 Å². The monoisotopic (exact) mass is 255 g/mol. The average Bonchev–Trinajstić information content (AvgIpc) is 3.03.